The topological polar surface area (TPSA) is 221 Å². The summed E-state index contributed by atoms with van der Waals surface area (Å²) < 4.78 is 18.5. The number of carboxylic acids is 1. The number of hydrogen-bond donors (Lipinski definition) is 4. The fourth-order valence-corrected chi connectivity index (χ4v) is 6.41. The van der Waals surface area contributed by atoms with Crippen molar-refractivity contribution in [1.82, 2.24) is 24.4 Å². The molecule has 0 saturated carbocycles. The molecule has 1 aliphatic heterocycles. The maximum atomic E-state index is 14.2. The maximum Gasteiger partial charge on any atom is 0.417 e. The number of nitrogens with zero attached hydrogens (tertiary/aromatic N) is 5. The number of imide groups is 1. The van der Waals surface area contributed by atoms with Gasteiger partial charge in [0.2, 0.25) is 5.91 Å². The van der Waals surface area contributed by atoms with Gasteiger partial charge in [0, 0.05) is 5.56 Å². The van der Waals surface area contributed by atoms with Crippen LogP contribution in [0.1, 0.15) is 33.3 Å². The first kappa shape index (κ1) is 38.3. The van der Waals surface area contributed by atoms with Gasteiger partial charge in [0.05, 0.1) is 12.4 Å². The number of rotatable bonds is 13. The van der Waals surface area contributed by atoms with Gasteiger partial charge in [-0.05, 0) is 47.4 Å². The molecule has 0 aliphatic carbocycles. The third-order valence-corrected chi connectivity index (χ3v) is 9.26. The van der Waals surface area contributed by atoms with Gasteiger partial charge < -0.3 is 35.5 Å². The molecule has 57 heavy (non-hydrogen) atoms. The number of nitrogens with one attached hydrogen (secondary N) is 1. The summed E-state index contributed by atoms with van der Waals surface area (Å²) in [6, 6.07) is 30.3. The van der Waals surface area contributed by atoms with Crippen LogP contribution >= 0.6 is 0 Å². The number of anilines is 1. The SMILES string of the molecule is N[C@@H](Cc1ccc(OCc2ccccc2)cc1)C(=O)N(C(=O)OCc1ccccc1)[C@H]1[C@@H](O)[C@H](n2cnc3c(NC(=O)c4ccccc4)ncnc32)O[C@@H]1C(=O)O. The molecule has 0 radical (unpaired) electrons. The molecule has 1 aliphatic rings. The van der Waals surface area contributed by atoms with Crippen molar-refractivity contribution in [3.05, 3.63) is 150 Å². The fourth-order valence-electron chi connectivity index (χ4n) is 6.41. The molecule has 0 bridgehead atoms. The lowest BCUT2D eigenvalue weighted by Gasteiger charge is -2.31. The average Bonchev–Trinajstić information content (AvgIpc) is 3.82. The van der Waals surface area contributed by atoms with Crippen molar-refractivity contribution >= 4 is 40.9 Å². The van der Waals surface area contributed by atoms with Gasteiger partial charge >= 0.3 is 12.1 Å². The van der Waals surface area contributed by atoms with E-state index in [4.69, 9.17) is 19.9 Å². The Bertz CT molecular complexity index is 2350. The van der Waals surface area contributed by atoms with Crippen molar-refractivity contribution in [1.29, 1.82) is 0 Å². The number of amides is 3. The molecule has 1 fully saturated rings. The molecule has 1 saturated heterocycles. The van der Waals surface area contributed by atoms with Crippen LogP contribution in [0.2, 0.25) is 0 Å². The zero-order chi connectivity index (χ0) is 39.9. The summed E-state index contributed by atoms with van der Waals surface area (Å²) in [6.45, 7) is 0.0814. The summed E-state index contributed by atoms with van der Waals surface area (Å²) in [4.78, 5) is 67.0. The third kappa shape index (κ3) is 8.63. The molecule has 290 valence electrons. The zero-order valence-electron chi connectivity index (χ0n) is 30.2. The molecular weight excluding hydrogens is 734 g/mol. The number of nitrogens with two attached hydrogens (primary N) is 1. The van der Waals surface area contributed by atoms with Crippen LogP contribution in [0, 0.1) is 0 Å². The van der Waals surface area contributed by atoms with E-state index in [-0.39, 0.29) is 30.0 Å². The smallest absolute Gasteiger partial charge is 0.417 e. The third-order valence-electron chi connectivity index (χ3n) is 9.26. The number of fused-ring (bicyclic) bond motifs is 1. The number of aliphatic carboxylic acids is 1. The quantitative estimate of drug-likeness (QED) is 0.130. The maximum absolute atomic E-state index is 14.2. The summed E-state index contributed by atoms with van der Waals surface area (Å²) in [5, 5.41) is 24.9. The Kier molecular flexibility index (Phi) is 11.5. The molecule has 3 amide bonds. The first-order chi connectivity index (χ1) is 27.7. The highest BCUT2D eigenvalue weighted by Crippen LogP contribution is 2.36. The molecule has 7 rings (SSSR count). The van der Waals surface area contributed by atoms with E-state index in [9.17, 15) is 29.4 Å². The minimum atomic E-state index is -1.94. The molecule has 3 heterocycles. The molecule has 5 atom stereocenters. The van der Waals surface area contributed by atoms with Crippen LogP contribution < -0.4 is 15.8 Å². The van der Waals surface area contributed by atoms with Crippen LogP contribution in [0.3, 0.4) is 0 Å². The molecule has 0 unspecified atom stereocenters. The van der Waals surface area contributed by atoms with Crippen LogP contribution in [-0.2, 0) is 38.7 Å². The standard InChI is InChI=1S/C41H37N7O9/c42-30(20-25-16-18-29(19-17-25)55-21-26-10-4-1-5-11-26)38(51)48(41(54)56-22-27-12-6-2-7-13-27)32-33(49)39(57-34(32)40(52)53)47-24-45-31-35(43-23-44-36(31)47)46-37(50)28-14-8-3-9-15-28/h1-19,23-24,30,32-34,39,49H,20-22,42H2,(H,52,53)(H,43,44,46,50)/t30-,32-,33+,34-,39+/m0/s1. The number of carbonyl (C=O) groups is 4. The van der Waals surface area contributed by atoms with Crippen LogP contribution in [0.25, 0.3) is 11.2 Å². The fraction of sp³-hybridized carbons (Fsp3) is 0.195. The second-order valence-corrected chi connectivity index (χ2v) is 13.1. The van der Waals surface area contributed by atoms with Gasteiger partial charge in [0.25, 0.3) is 5.91 Å². The highest BCUT2D eigenvalue weighted by atomic mass is 16.6. The molecule has 6 aromatic rings. The lowest BCUT2D eigenvalue weighted by atomic mass is 10.0. The normalized spacial score (nSPS) is 18.1. The molecular formula is C41H37N7O9. The summed E-state index contributed by atoms with van der Waals surface area (Å²) in [5.41, 5.74) is 9.15. The van der Waals surface area contributed by atoms with Gasteiger partial charge in [-0.3, -0.25) is 14.2 Å². The first-order valence-electron chi connectivity index (χ1n) is 17.8. The Labute approximate surface area is 325 Å². The number of aliphatic hydroxyl groups is 1. The number of carboxylic acid groups (broad SMARTS) is 1. The molecule has 16 nitrogen and oxygen atoms in total. The van der Waals surface area contributed by atoms with Crippen molar-refractivity contribution in [3.63, 3.8) is 0 Å². The van der Waals surface area contributed by atoms with E-state index in [0.29, 0.717) is 33.9 Å². The van der Waals surface area contributed by atoms with Gasteiger partial charge in [-0.1, -0.05) is 91.0 Å². The van der Waals surface area contributed by atoms with Crippen LogP contribution in [-0.4, -0.2) is 82.8 Å². The number of aromatic nitrogens is 4. The number of hydrogen-bond acceptors (Lipinski definition) is 12. The number of carbonyl (C=O) groups excluding carboxylic acids is 3. The highest BCUT2D eigenvalue weighted by Gasteiger charge is 2.55. The molecule has 0 spiro atoms. The van der Waals surface area contributed by atoms with Gasteiger partial charge in [-0.15, -0.1) is 0 Å². The van der Waals surface area contributed by atoms with Crippen molar-refractivity contribution in [2.45, 2.75) is 50.2 Å². The second kappa shape index (κ2) is 17.2. The van der Waals surface area contributed by atoms with Gasteiger partial charge in [0.1, 0.15) is 37.4 Å². The zero-order valence-corrected chi connectivity index (χ0v) is 30.2. The van der Waals surface area contributed by atoms with E-state index in [0.717, 1.165) is 11.9 Å². The van der Waals surface area contributed by atoms with Crippen molar-refractivity contribution in [2.75, 3.05) is 5.32 Å². The van der Waals surface area contributed by atoms with E-state index in [1.165, 1.54) is 10.9 Å². The van der Waals surface area contributed by atoms with E-state index in [1.807, 2.05) is 30.3 Å². The molecule has 4 aromatic carbocycles. The predicted octanol–water partition coefficient (Wildman–Crippen LogP) is 4.10. The lowest BCUT2D eigenvalue weighted by Crippen LogP contribution is -2.59. The van der Waals surface area contributed by atoms with Crippen molar-refractivity contribution in [3.8, 4) is 5.75 Å². The van der Waals surface area contributed by atoms with Gasteiger partial charge in [-0.2, -0.15) is 0 Å². The Balaban J connectivity index is 1.14. The van der Waals surface area contributed by atoms with E-state index in [2.05, 4.69) is 20.3 Å². The van der Waals surface area contributed by atoms with Crippen LogP contribution in [0.4, 0.5) is 10.6 Å². The highest BCUT2D eigenvalue weighted by molar-refractivity contribution is 6.06. The number of benzene rings is 4. The molecule has 16 heteroatoms. The lowest BCUT2D eigenvalue weighted by molar-refractivity contribution is -0.154. The Hall–Kier alpha value is -7.01. The molecule has 5 N–H and O–H groups in total. The average molecular weight is 772 g/mol. The van der Waals surface area contributed by atoms with Crippen LogP contribution in [0.15, 0.2) is 128 Å². The monoisotopic (exact) mass is 771 g/mol. The van der Waals surface area contributed by atoms with E-state index >= 15 is 0 Å². The second-order valence-electron chi connectivity index (χ2n) is 13.1. The molecule has 2 aromatic heterocycles. The van der Waals surface area contributed by atoms with E-state index < -0.39 is 54.4 Å². The number of imidazole rings is 1. The van der Waals surface area contributed by atoms with Crippen molar-refractivity contribution < 1.29 is 43.6 Å². The summed E-state index contributed by atoms with van der Waals surface area (Å²) >= 11 is 0. The van der Waals surface area contributed by atoms with Gasteiger partial charge in [-0.25, -0.2) is 29.4 Å². The summed E-state index contributed by atoms with van der Waals surface area (Å²) in [7, 11) is 0. The van der Waals surface area contributed by atoms with Gasteiger partial charge in [0.15, 0.2) is 29.3 Å². The number of ether oxygens (including phenoxy) is 3. The number of aliphatic hydroxyl groups excluding tert-OH is 1. The van der Waals surface area contributed by atoms with E-state index in [1.54, 1.807) is 84.9 Å². The van der Waals surface area contributed by atoms with Crippen molar-refractivity contribution in [2.24, 2.45) is 5.73 Å². The Morgan fingerprint density at radius 1 is 0.825 bits per heavy atom. The first-order valence-corrected chi connectivity index (χ1v) is 17.8. The summed E-state index contributed by atoms with van der Waals surface area (Å²) in [5.74, 6) is -2.45. The Morgan fingerprint density at radius 3 is 2.11 bits per heavy atom. The largest absolute Gasteiger partial charge is 0.489 e. The minimum absolute atomic E-state index is 0.0366. The van der Waals surface area contributed by atoms with Crippen LogP contribution in [0.5, 0.6) is 5.75 Å². The predicted molar refractivity (Wildman–Crippen MR) is 203 cm³/mol. The Morgan fingerprint density at radius 2 is 1.46 bits per heavy atom. The summed E-state index contributed by atoms with van der Waals surface area (Å²) in [6.07, 6.45) is -4.29. The minimum Gasteiger partial charge on any atom is -0.489 e.